The highest BCUT2D eigenvalue weighted by Crippen LogP contribution is 2.45. The van der Waals surface area contributed by atoms with E-state index in [0.29, 0.717) is 31.6 Å². The Morgan fingerprint density at radius 2 is 0.657 bits per heavy atom. The number of rotatable bonds is 51. The Hall–Kier alpha value is -1.94. The van der Waals surface area contributed by atoms with E-state index >= 15 is 0 Å². The predicted molar refractivity (Wildman–Crippen MR) is 271 cm³/mol. The van der Waals surface area contributed by atoms with Crippen LogP contribution in [0.5, 0.6) is 0 Å². The molecule has 19 heteroatoms. The summed E-state index contributed by atoms with van der Waals surface area (Å²) in [6.45, 7) is 6.84. The molecular formula is C51H98O17P2. The Labute approximate surface area is 422 Å². The molecule has 0 aromatic carbocycles. The van der Waals surface area contributed by atoms with Crippen molar-refractivity contribution in [3.05, 3.63) is 0 Å². The average Bonchev–Trinajstić information content (AvgIpc) is 3.31. The Morgan fingerprint density at radius 3 is 0.971 bits per heavy atom. The molecule has 0 spiro atoms. The van der Waals surface area contributed by atoms with Crippen LogP contribution in [-0.4, -0.2) is 96.7 Å². The fourth-order valence-corrected chi connectivity index (χ4v) is 8.86. The number of aliphatic hydroxyl groups excluding tert-OH is 1. The Kier molecular flexibility index (Phi) is 44.4. The van der Waals surface area contributed by atoms with Gasteiger partial charge in [0.1, 0.15) is 19.3 Å². The summed E-state index contributed by atoms with van der Waals surface area (Å²) < 4.78 is 67.0. The minimum atomic E-state index is -4.92. The van der Waals surface area contributed by atoms with Crippen LogP contribution in [0.15, 0.2) is 0 Å². The van der Waals surface area contributed by atoms with Crippen molar-refractivity contribution in [2.45, 2.75) is 258 Å². The zero-order valence-corrected chi connectivity index (χ0v) is 45.9. The second-order valence-electron chi connectivity index (χ2n) is 19.0. The van der Waals surface area contributed by atoms with E-state index in [1.165, 1.54) is 44.9 Å². The lowest BCUT2D eigenvalue weighted by atomic mass is 10.0. The van der Waals surface area contributed by atoms with E-state index in [1.54, 1.807) is 0 Å². The van der Waals surface area contributed by atoms with Crippen molar-refractivity contribution in [3.63, 3.8) is 0 Å². The number of carbonyl (C=O) groups is 4. The minimum absolute atomic E-state index is 0.102. The maximum absolute atomic E-state index is 12.8. The molecule has 0 amide bonds. The molecule has 0 radical (unpaired) electrons. The van der Waals surface area contributed by atoms with E-state index in [1.807, 2.05) is 0 Å². The summed E-state index contributed by atoms with van der Waals surface area (Å²) in [5.74, 6) is -1.50. The third-order valence-corrected chi connectivity index (χ3v) is 13.4. The number of hydrogen-bond donors (Lipinski definition) is 3. The fraction of sp³-hybridized carbons (Fsp3) is 0.922. The molecule has 0 aromatic heterocycles. The molecule has 0 aliphatic rings. The van der Waals surface area contributed by atoms with Crippen LogP contribution in [0.2, 0.25) is 0 Å². The lowest BCUT2D eigenvalue weighted by Crippen LogP contribution is -2.30. The van der Waals surface area contributed by atoms with Crippen LogP contribution in [0.25, 0.3) is 0 Å². The fourth-order valence-electron chi connectivity index (χ4n) is 7.28. The maximum atomic E-state index is 12.8. The Morgan fingerprint density at radius 1 is 0.386 bits per heavy atom. The molecule has 0 rings (SSSR count). The number of carbonyl (C=O) groups excluding carboxylic acids is 4. The van der Waals surface area contributed by atoms with Crippen molar-refractivity contribution < 1.29 is 80.2 Å². The zero-order valence-electron chi connectivity index (χ0n) is 44.1. The first-order chi connectivity index (χ1) is 33.5. The highest BCUT2D eigenvalue weighted by atomic mass is 31.2. The molecule has 0 aliphatic carbocycles. The first-order valence-corrected chi connectivity index (χ1v) is 30.1. The predicted octanol–water partition coefficient (Wildman–Crippen LogP) is 12.7. The molecule has 0 aromatic rings. The second kappa shape index (κ2) is 45.7. The number of esters is 4. The highest BCUT2D eigenvalue weighted by Gasteiger charge is 2.30. The first kappa shape index (κ1) is 68.1. The summed E-state index contributed by atoms with van der Waals surface area (Å²) in [7, 11) is -9.84. The van der Waals surface area contributed by atoms with Gasteiger partial charge in [0.05, 0.1) is 26.4 Å². The normalized spacial score (nSPS) is 14.6. The summed E-state index contributed by atoms with van der Waals surface area (Å²) in [6, 6.07) is 0. The Balaban J connectivity index is 5.17. The van der Waals surface area contributed by atoms with Crippen molar-refractivity contribution in [1.29, 1.82) is 0 Å². The van der Waals surface area contributed by atoms with E-state index in [-0.39, 0.29) is 25.7 Å². The third-order valence-electron chi connectivity index (χ3n) is 11.5. The smallest absolute Gasteiger partial charge is 0.462 e. The maximum Gasteiger partial charge on any atom is 0.472 e. The van der Waals surface area contributed by atoms with Crippen LogP contribution in [0.4, 0.5) is 0 Å². The van der Waals surface area contributed by atoms with Gasteiger partial charge in [-0.2, -0.15) is 0 Å². The quantitative estimate of drug-likeness (QED) is 0.0222. The lowest BCUT2D eigenvalue weighted by Gasteiger charge is -2.21. The molecule has 5 atom stereocenters. The molecule has 2 unspecified atom stereocenters. The average molecular weight is 1050 g/mol. The molecule has 414 valence electrons. The van der Waals surface area contributed by atoms with E-state index in [4.69, 9.17) is 37.0 Å². The van der Waals surface area contributed by atoms with Crippen LogP contribution in [-0.2, 0) is 65.4 Å². The monoisotopic (exact) mass is 1040 g/mol. The standard InChI is InChI=1S/C51H98O17P2/c1-6-9-12-15-17-18-20-25-30-35-49(54)62-41-47(68-51(56)37-32-27-22-21-24-28-33-44(4)5)43-66-70(59,60)64-39-45(52)38-63-69(57,58)65-42-46(40-61-48(53)34-29-23-14-11-8-3)67-50(55)36-31-26-19-16-13-10-7-2/h44-47,52H,6-43H2,1-5H3,(H,57,58)(H,59,60)/t45-,46+,47+/m0/s1. The summed E-state index contributed by atoms with van der Waals surface area (Å²) in [5.41, 5.74) is 0. The van der Waals surface area contributed by atoms with Crippen molar-refractivity contribution in [1.82, 2.24) is 0 Å². The van der Waals surface area contributed by atoms with Crippen LogP contribution in [0.1, 0.15) is 240 Å². The lowest BCUT2D eigenvalue weighted by molar-refractivity contribution is -0.161. The molecule has 17 nitrogen and oxygen atoms in total. The zero-order chi connectivity index (χ0) is 52.1. The molecule has 0 bridgehead atoms. The molecule has 0 saturated carbocycles. The van der Waals surface area contributed by atoms with Gasteiger partial charge in [-0.15, -0.1) is 0 Å². The van der Waals surface area contributed by atoms with Gasteiger partial charge in [0, 0.05) is 25.7 Å². The van der Waals surface area contributed by atoms with Crippen LogP contribution < -0.4 is 0 Å². The second-order valence-corrected chi connectivity index (χ2v) is 21.9. The van der Waals surface area contributed by atoms with Gasteiger partial charge in [0.25, 0.3) is 0 Å². The molecule has 0 aliphatic heterocycles. The number of hydrogen-bond acceptors (Lipinski definition) is 15. The number of aliphatic hydroxyl groups is 1. The molecule has 70 heavy (non-hydrogen) atoms. The van der Waals surface area contributed by atoms with Crippen LogP contribution in [0, 0.1) is 5.92 Å². The number of phosphoric acid groups is 2. The summed E-state index contributed by atoms with van der Waals surface area (Å²) in [4.78, 5) is 71.1. The Bertz CT molecular complexity index is 1400. The van der Waals surface area contributed by atoms with E-state index in [0.717, 1.165) is 109 Å². The van der Waals surface area contributed by atoms with Gasteiger partial charge in [-0.3, -0.25) is 37.3 Å². The van der Waals surface area contributed by atoms with Gasteiger partial charge < -0.3 is 33.8 Å². The van der Waals surface area contributed by atoms with Crippen molar-refractivity contribution in [2.75, 3.05) is 39.6 Å². The van der Waals surface area contributed by atoms with Gasteiger partial charge in [-0.1, -0.05) is 189 Å². The number of phosphoric ester groups is 2. The topological polar surface area (TPSA) is 237 Å². The molecule has 0 heterocycles. The molecular weight excluding hydrogens is 946 g/mol. The highest BCUT2D eigenvalue weighted by molar-refractivity contribution is 7.47. The summed E-state index contributed by atoms with van der Waals surface area (Å²) in [5, 5.41) is 10.4. The van der Waals surface area contributed by atoms with Crippen molar-refractivity contribution in [2.24, 2.45) is 5.92 Å². The minimum Gasteiger partial charge on any atom is -0.462 e. The van der Waals surface area contributed by atoms with Gasteiger partial charge in [0.2, 0.25) is 0 Å². The van der Waals surface area contributed by atoms with Gasteiger partial charge in [-0.25, -0.2) is 9.13 Å². The number of ether oxygens (including phenoxy) is 4. The van der Waals surface area contributed by atoms with E-state index < -0.39 is 97.5 Å². The van der Waals surface area contributed by atoms with Gasteiger partial charge >= 0.3 is 39.5 Å². The van der Waals surface area contributed by atoms with E-state index in [2.05, 4.69) is 34.6 Å². The van der Waals surface area contributed by atoms with Crippen LogP contribution in [0.3, 0.4) is 0 Å². The first-order valence-electron chi connectivity index (χ1n) is 27.1. The van der Waals surface area contributed by atoms with Crippen LogP contribution >= 0.6 is 15.6 Å². The third kappa shape index (κ3) is 45.9. The molecule has 0 fully saturated rings. The summed E-state index contributed by atoms with van der Waals surface area (Å²) >= 11 is 0. The van der Waals surface area contributed by atoms with Gasteiger partial charge in [-0.05, 0) is 31.6 Å². The largest absolute Gasteiger partial charge is 0.472 e. The van der Waals surface area contributed by atoms with Crippen molar-refractivity contribution in [3.8, 4) is 0 Å². The van der Waals surface area contributed by atoms with E-state index in [9.17, 15) is 43.2 Å². The summed E-state index contributed by atoms with van der Waals surface area (Å²) in [6.07, 6.45) is 24.6. The number of unbranched alkanes of at least 4 members (excludes halogenated alkanes) is 23. The van der Waals surface area contributed by atoms with Crippen molar-refractivity contribution >= 4 is 39.5 Å². The molecule has 0 saturated heterocycles. The molecule has 3 N–H and O–H groups in total. The van der Waals surface area contributed by atoms with Gasteiger partial charge in [0.15, 0.2) is 12.2 Å². The SMILES string of the molecule is CCCCCCCCCCCC(=O)OC[C@H](COP(=O)(O)OC[C@@H](O)COP(=O)(O)OC[C@@H](COC(=O)CCCCCCC)OC(=O)CCCCCCCCC)OC(=O)CCCCCCCCC(C)C.